The first-order valence-electron chi connectivity index (χ1n) is 6.76. The third-order valence-electron chi connectivity index (χ3n) is 3.47. The molecule has 0 saturated carbocycles. The summed E-state index contributed by atoms with van der Waals surface area (Å²) in [6.45, 7) is 2.08. The second kappa shape index (κ2) is 6.28. The summed E-state index contributed by atoms with van der Waals surface area (Å²) in [5, 5.41) is 14.8. The van der Waals surface area contributed by atoms with Crippen molar-refractivity contribution in [2.75, 3.05) is 0 Å². The third-order valence-corrected chi connectivity index (χ3v) is 4.65. The van der Waals surface area contributed by atoms with Crippen molar-refractivity contribution in [3.05, 3.63) is 59.1 Å². The van der Waals surface area contributed by atoms with Gasteiger partial charge >= 0.3 is 0 Å². The molecule has 0 aliphatic heterocycles. The highest BCUT2D eigenvalue weighted by molar-refractivity contribution is 7.19. The van der Waals surface area contributed by atoms with Crippen LogP contribution in [0.4, 0.5) is 0 Å². The van der Waals surface area contributed by atoms with Crippen LogP contribution in [0.1, 0.15) is 5.56 Å². The maximum absolute atomic E-state index is 5.94. The highest BCUT2D eigenvalue weighted by atomic mass is 35.5. The summed E-state index contributed by atoms with van der Waals surface area (Å²) in [4.78, 5) is 0.781. The van der Waals surface area contributed by atoms with E-state index in [9.17, 15) is 0 Å². The lowest BCUT2D eigenvalue weighted by Crippen LogP contribution is -1.91. The van der Waals surface area contributed by atoms with Crippen LogP contribution in [0.5, 0.6) is 0 Å². The molecule has 0 N–H and O–H groups in total. The van der Waals surface area contributed by atoms with E-state index in [1.54, 1.807) is 4.52 Å². The Morgan fingerprint density at radius 1 is 1.00 bits per heavy atom. The van der Waals surface area contributed by atoms with Crippen molar-refractivity contribution in [2.45, 2.75) is 6.92 Å². The van der Waals surface area contributed by atoms with E-state index in [0.717, 1.165) is 26.9 Å². The van der Waals surface area contributed by atoms with Crippen LogP contribution in [0.25, 0.3) is 26.9 Å². The minimum atomic E-state index is 0. The van der Waals surface area contributed by atoms with E-state index in [0.29, 0.717) is 5.02 Å². The SMILES string of the molecule is Cc1ccccc1-c1nn2c(-c3ccc(Cl)cc3)nnc2s1.Cl. The molecule has 0 amide bonds. The van der Waals surface area contributed by atoms with Gasteiger partial charge in [-0.3, -0.25) is 0 Å². The number of nitrogens with zero attached hydrogens (tertiary/aromatic N) is 4. The largest absolute Gasteiger partial charge is 0.235 e. The molecule has 0 aliphatic carbocycles. The van der Waals surface area contributed by atoms with Crippen molar-refractivity contribution >= 4 is 40.3 Å². The van der Waals surface area contributed by atoms with Crippen LogP contribution in [0.15, 0.2) is 48.5 Å². The molecule has 7 heteroatoms. The predicted molar refractivity (Wildman–Crippen MR) is 96.5 cm³/mol. The van der Waals surface area contributed by atoms with Gasteiger partial charge in [-0.05, 0) is 36.8 Å². The molecule has 4 nitrogen and oxygen atoms in total. The van der Waals surface area contributed by atoms with Gasteiger partial charge in [0.15, 0.2) is 5.82 Å². The molecule has 4 aromatic rings. The molecule has 2 aromatic carbocycles. The molecule has 0 aliphatic rings. The van der Waals surface area contributed by atoms with Gasteiger partial charge in [0, 0.05) is 16.1 Å². The predicted octanol–water partition coefficient (Wildman–Crippen LogP) is 4.90. The quantitative estimate of drug-likeness (QED) is 0.509. The topological polar surface area (TPSA) is 43.1 Å². The van der Waals surface area contributed by atoms with Crippen LogP contribution in [0.2, 0.25) is 5.02 Å². The summed E-state index contributed by atoms with van der Waals surface area (Å²) in [5.74, 6) is 0.725. The number of aryl methyl sites for hydroxylation is 1. The van der Waals surface area contributed by atoms with Crippen LogP contribution in [0.3, 0.4) is 0 Å². The first-order valence-corrected chi connectivity index (χ1v) is 7.96. The molecule has 0 bridgehead atoms. The van der Waals surface area contributed by atoms with E-state index in [4.69, 9.17) is 11.6 Å². The molecule has 23 heavy (non-hydrogen) atoms. The average molecular weight is 363 g/mol. The van der Waals surface area contributed by atoms with E-state index in [2.05, 4.69) is 34.4 Å². The zero-order valence-corrected chi connectivity index (χ0v) is 14.5. The zero-order valence-electron chi connectivity index (χ0n) is 12.1. The lowest BCUT2D eigenvalue weighted by molar-refractivity contribution is 0.970. The standard InChI is InChI=1S/C16H11ClN4S.ClH/c1-10-4-2-3-5-13(10)15-20-21-14(18-19-16(21)22-15)11-6-8-12(17)9-7-11;/h2-9H,1H3;1H. The maximum Gasteiger partial charge on any atom is 0.235 e. The van der Waals surface area contributed by atoms with E-state index in [1.165, 1.54) is 16.9 Å². The van der Waals surface area contributed by atoms with E-state index in [1.807, 2.05) is 36.4 Å². The van der Waals surface area contributed by atoms with Crippen molar-refractivity contribution in [1.82, 2.24) is 19.8 Å². The fraction of sp³-hybridized carbons (Fsp3) is 0.0625. The molecule has 4 rings (SSSR count). The number of rotatable bonds is 2. The summed E-state index contributed by atoms with van der Waals surface area (Å²) in [6.07, 6.45) is 0. The Balaban J connectivity index is 0.00000156. The van der Waals surface area contributed by atoms with Crippen LogP contribution in [-0.2, 0) is 0 Å². The Hall–Kier alpha value is -1.95. The molecule has 2 heterocycles. The summed E-state index contributed by atoms with van der Waals surface area (Å²) in [6, 6.07) is 15.7. The number of aromatic nitrogens is 4. The normalized spacial score (nSPS) is 10.7. The van der Waals surface area contributed by atoms with Gasteiger partial charge in [0.2, 0.25) is 4.96 Å². The Morgan fingerprint density at radius 3 is 2.48 bits per heavy atom. The van der Waals surface area contributed by atoms with Crippen molar-refractivity contribution in [3.8, 4) is 22.0 Å². The number of hydrogen-bond donors (Lipinski definition) is 0. The average Bonchev–Trinajstić information content (AvgIpc) is 3.09. The molecule has 0 fully saturated rings. The second-order valence-corrected chi connectivity index (χ2v) is 6.34. The number of hydrogen-bond acceptors (Lipinski definition) is 4. The Labute approximate surface area is 148 Å². The minimum Gasteiger partial charge on any atom is -0.182 e. The lowest BCUT2D eigenvalue weighted by atomic mass is 10.1. The first kappa shape index (κ1) is 15.9. The Morgan fingerprint density at radius 2 is 1.74 bits per heavy atom. The summed E-state index contributed by atoms with van der Waals surface area (Å²) >= 11 is 7.47. The van der Waals surface area contributed by atoms with Crippen molar-refractivity contribution in [3.63, 3.8) is 0 Å². The fourth-order valence-corrected chi connectivity index (χ4v) is 3.37. The number of halogens is 2. The maximum atomic E-state index is 5.94. The van der Waals surface area contributed by atoms with Gasteiger partial charge in [-0.25, -0.2) is 0 Å². The van der Waals surface area contributed by atoms with Gasteiger partial charge in [-0.15, -0.1) is 22.6 Å². The molecule has 0 atom stereocenters. The van der Waals surface area contributed by atoms with Gasteiger partial charge in [-0.1, -0.05) is 47.2 Å². The van der Waals surface area contributed by atoms with Crippen molar-refractivity contribution < 1.29 is 0 Å². The third kappa shape index (κ3) is 2.83. The van der Waals surface area contributed by atoms with E-state index in [-0.39, 0.29) is 12.4 Å². The van der Waals surface area contributed by atoms with Crippen LogP contribution < -0.4 is 0 Å². The first-order chi connectivity index (χ1) is 10.7. The molecular weight excluding hydrogens is 351 g/mol. The Kier molecular flexibility index (Phi) is 4.35. The summed E-state index contributed by atoms with van der Waals surface area (Å²) < 4.78 is 1.79. The van der Waals surface area contributed by atoms with E-state index < -0.39 is 0 Å². The Bertz CT molecular complexity index is 960. The fourth-order valence-electron chi connectivity index (χ4n) is 2.32. The monoisotopic (exact) mass is 362 g/mol. The summed E-state index contributed by atoms with van der Waals surface area (Å²) in [5.41, 5.74) is 3.26. The van der Waals surface area contributed by atoms with Crippen molar-refractivity contribution in [1.29, 1.82) is 0 Å². The van der Waals surface area contributed by atoms with Gasteiger partial charge < -0.3 is 0 Å². The number of benzene rings is 2. The van der Waals surface area contributed by atoms with Crippen LogP contribution in [-0.4, -0.2) is 19.8 Å². The van der Waals surface area contributed by atoms with Crippen LogP contribution in [0, 0.1) is 6.92 Å². The lowest BCUT2D eigenvalue weighted by Gasteiger charge is -2.00. The van der Waals surface area contributed by atoms with Gasteiger partial charge in [-0.2, -0.15) is 9.61 Å². The molecule has 0 spiro atoms. The molecule has 0 unspecified atom stereocenters. The van der Waals surface area contributed by atoms with Gasteiger partial charge in [0.25, 0.3) is 0 Å². The highest BCUT2D eigenvalue weighted by Gasteiger charge is 2.15. The number of fused-ring (bicyclic) bond motifs is 1. The van der Waals surface area contributed by atoms with Gasteiger partial charge in [0.05, 0.1) is 0 Å². The highest BCUT2D eigenvalue weighted by Crippen LogP contribution is 2.30. The second-order valence-electron chi connectivity index (χ2n) is 4.95. The van der Waals surface area contributed by atoms with E-state index >= 15 is 0 Å². The molecule has 0 saturated heterocycles. The van der Waals surface area contributed by atoms with Crippen molar-refractivity contribution in [2.24, 2.45) is 0 Å². The van der Waals surface area contributed by atoms with Gasteiger partial charge in [0.1, 0.15) is 5.01 Å². The summed E-state index contributed by atoms with van der Waals surface area (Å²) in [7, 11) is 0. The smallest absolute Gasteiger partial charge is 0.182 e. The minimum absolute atomic E-state index is 0. The molecule has 2 aromatic heterocycles. The van der Waals surface area contributed by atoms with Crippen LogP contribution >= 0.6 is 35.3 Å². The molecular formula is C16H12Cl2N4S. The molecule has 0 radical (unpaired) electrons. The molecule has 116 valence electrons. The zero-order chi connectivity index (χ0) is 15.1.